The van der Waals surface area contributed by atoms with Crippen LogP contribution in [0.4, 0.5) is 0 Å². The van der Waals surface area contributed by atoms with E-state index in [1.54, 1.807) is 0 Å². The molecule has 1 unspecified atom stereocenters. The second-order valence-corrected chi connectivity index (χ2v) is 14.4. The number of hydrogen-bond acceptors (Lipinski definition) is 2. The second-order valence-electron chi connectivity index (χ2n) is 9.55. The van der Waals surface area contributed by atoms with Crippen molar-refractivity contribution in [2.75, 3.05) is 6.61 Å². The topological polar surface area (TPSA) is 29.5 Å². The lowest BCUT2D eigenvalue weighted by molar-refractivity contribution is 0.129. The second kappa shape index (κ2) is 10.4. The summed E-state index contributed by atoms with van der Waals surface area (Å²) in [5.74, 6) is 0.126. The van der Waals surface area contributed by atoms with E-state index in [2.05, 4.69) is 77.2 Å². The van der Waals surface area contributed by atoms with Crippen LogP contribution in [0.3, 0.4) is 0 Å². The van der Waals surface area contributed by atoms with Crippen molar-refractivity contribution in [1.82, 2.24) is 0 Å². The molecule has 0 fully saturated rings. The smallest absolute Gasteiger partial charge is 0.191 e. The maximum absolute atomic E-state index is 11.1. The third-order valence-corrected chi connectivity index (χ3v) is 10.8. The van der Waals surface area contributed by atoms with Crippen molar-refractivity contribution in [1.29, 1.82) is 0 Å². The molecule has 29 heavy (non-hydrogen) atoms. The summed E-state index contributed by atoms with van der Waals surface area (Å²) in [5, 5.41) is 11.3. The van der Waals surface area contributed by atoms with E-state index in [-0.39, 0.29) is 11.0 Å². The first kappa shape index (κ1) is 23.6. The van der Waals surface area contributed by atoms with E-state index in [1.165, 1.54) is 5.56 Å². The minimum Gasteiger partial charge on any atom is -0.417 e. The summed E-state index contributed by atoms with van der Waals surface area (Å²) < 4.78 is 6.41. The number of rotatable bonds is 9. The monoisotopic (exact) mass is 410 g/mol. The first-order valence-electron chi connectivity index (χ1n) is 10.7. The summed E-state index contributed by atoms with van der Waals surface area (Å²) in [4.78, 5) is 0. The summed E-state index contributed by atoms with van der Waals surface area (Å²) in [7, 11) is -1.78. The zero-order chi connectivity index (χ0) is 21.5. The molecule has 2 aromatic rings. The highest BCUT2D eigenvalue weighted by atomic mass is 28.4. The maximum atomic E-state index is 11.1. The molecule has 1 N–H and O–H groups in total. The van der Waals surface area contributed by atoms with Gasteiger partial charge in [0.25, 0.3) is 0 Å². The van der Waals surface area contributed by atoms with Crippen molar-refractivity contribution in [2.45, 2.75) is 64.8 Å². The normalized spacial score (nSPS) is 15.2. The van der Waals surface area contributed by atoms with Gasteiger partial charge in [0.2, 0.25) is 0 Å². The fourth-order valence-electron chi connectivity index (χ4n) is 3.18. The van der Waals surface area contributed by atoms with E-state index in [0.717, 1.165) is 24.0 Å². The van der Waals surface area contributed by atoms with Crippen LogP contribution in [0.1, 0.15) is 45.2 Å². The van der Waals surface area contributed by atoms with Crippen LogP contribution in [0, 0.1) is 5.92 Å². The molecule has 2 atom stereocenters. The molecular weight excluding hydrogens is 372 g/mol. The van der Waals surface area contributed by atoms with E-state index >= 15 is 0 Å². The number of allylic oxidation sites excluding steroid dienone is 1. The van der Waals surface area contributed by atoms with Gasteiger partial charge in [0.15, 0.2) is 8.32 Å². The Hall–Kier alpha value is -1.68. The van der Waals surface area contributed by atoms with Crippen LogP contribution < -0.4 is 0 Å². The van der Waals surface area contributed by atoms with E-state index in [4.69, 9.17) is 4.43 Å². The van der Waals surface area contributed by atoms with Gasteiger partial charge < -0.3 is 9.53 Å². The van der Waals surface area contributed by atoms with Gasteiger partial charge in [-0.2, -0.15) is 0 Å². The van der Waals surface area contributed by atoms with E-state index in [1.807, 2.05) is 30.3 Å². The van der Waals surface area contributed by atoms with E-state index in [9.17, 15) is 5.11 Å². The molecule has 0 spiro atoms. The minimum absolute atomic E-state index is 0.126. The fraction of sp³-hybridized carbons (Fsp3) is 0.462. The predicted molar refractivity (Wildman–Crippen MR) is 128 cm³/mol. The average Bonchev–Trinajstić information content (AvgIpc) is 2.67. The molecule has 0 aliphatic rings. The van der Waals surface area contributed by atoms with Gasteiger partial charge in [0, 0.05) is 6.61 Å². The van der Waals surface area contributed by atoms with Crippen LogP contribution in [0.2, 0.25) is 18.1 Å². The van der Waals surface area contributed by atoms with Gasteiger partial charge in [-0.25, -0.2) is 0 Å². The molecule has 0 saturated heterocycles. The standard InChI is InChI=1S/C26H38O2Si/c1-21(23-15-11-8-12-16-23)19-25(27)24(20-22-13-9-7-10-14-22)17-18-28-29(5,6)26(2,3)4/h7-16,19,24-25,27H,17-18,20H2,1-6H3/b21-19+/t24-,25?/m1/s1. The summed E-state index contributed by atoms with van der Waals surface area (Å²) >= 11 is 0. The summed E-state index contributed by atoms with van der Waals surface area (Å²) in [6, 6.07) is 20.7. The van der Waals surface area contributed by atoms with E-state index in [0.29, 0.717) is 6.61 Å². The molecule has 0 aromatic heterocycles. The highest BCUT2D eigenvalue weighted by Gasteiger charge is 2.37. The van der Waals surface area contributed by atoms with Crippen LogP contribution in [0.15, 0.2) is 66.7 Å². The molecule has 0 bridgehead atoms. The molecule has 2 nitrogen and oxygen atoms in total. The van der Waals surface area contributed by atoms with Crippen molar-refractivity contribution in [3.63, 3.8) is 0 Å². The average molecular weight is 411 g/mol. The zero-order valence-electron chi connectivity index (χ0n) is 19.0. The molecular formula is C26H38O2Si. The Morgan fingerprint density at radius 3 is 2.10 bits per heavy atom. The molecule has 0 saturated carbocycles. The van der Waals surface area contributed by atoms with Crippen LogP contribution in [0.25, 0.3) is 5.57 Å². The van der Waals surface area contributed by atoms with Crippen molar-refractivity contribution in [2.24, 2.45) is 5.92 Å². The maximum Gasteiger partial charge on any atom is 0.191 e. The first-order chi connectivity index (χ1) is 13.6. The molecule has 158 valence electrons. The molecule has 2 rings (SSSR count). The predicted octanol–water partition coefficient (Wildman–Crippen LogP) is 6.72. The molecule has 0 radical (unpaired) electrons. The molecule has 0 heterocycles. The first-order valence-corrected chi connectivity index (χ1v) is 13.6. The van der Waals surface area contributed by atoms with Crippen molar-refractivity contribution < 1.29 is 9.53 Å². The van der Waals surface area contributed by atoms with Gasteiger partial charge in [0.05, 0.1) is 6.10 Å². The zero-order valence-corrected chi connectivity index (χ0v) is 20.0. The lowest BCUT2D eigenvalue weighted by atomic mass is 9.89. The Kier molecular flexibility index (Phi) is 8.44. The third-order valence-electron chi connectivity index (χ3n) is 6.23. The number of hydrogen-bond donors (Lipinski definition) is 1. The van der Waals surface area contributed by atoms with Gasteiger partial charge in [-0.15, -0.1) is 0 Å². The Labute approximate surface area is 178 Å². The number of aliphatic hydroxyl groups is 1. The van der Waals surface area contributed by atoms with Crippen LogP contribution >= 0.6 is 0 Å². The lowest BCUT2D eigenvalue weighted by Gasteiger charge is -2.36. The van der Waals surface area contributed by atoms with Gasteiger partial charge in [-0.3, -0.25) is 0 Å². The Balaban J connectivity index is 2.12. The quantitative estimate of drug-likeness (QED) is 0.465. The molecule has 0 aliphatic heterocycles. The van der Waals surface area contributed by atoms with Gasteiger partial charge in [-0.1, -0.05) is 87.5 Å². The van der Waals surface area contributed by atoms with Gasteiger partial charge in [0.1, 0.15) is 0 Å². The SMILES string of the molecule is C/C(=C\C(O)[C@H](CCO[Si](C)(C)C(C)(C)C)Cc1ccccc1)c1ccccc1. The van der Waals surface area contributed by atoms with Crippen LogP contribution in [0.5, 0.6) is 0 Å². The highest BCUT2D eigenvalue weighted by molar-refractivity contribution is 6.74. The number of benzene rings is 2. The van der Waals surface area contributed by atoms with Crippen molar-refractivity contribution >= 4 is 13.9 Å². The molecule has 3 heteroatoms. The number of aliphatic hydroxyl groups excluding tert-OH is 1. The fourth-order valence-corrected chi connectivity index (χ4v) is 4.24. The van der Waals surface area contributed by atoms with Crippen molar-refractivity contribution in [3.05, 3.63) is 77.9 Å². The molecule has 2 aromatic carbocycles. The van der Waals surface area contributed by atoms with Crippen LogP contribution in [-0.2, 0) is 10.8 Å². The minimum atomic E-state index is -1.78. The van der Waals surface area contributed by atoms with Crippen molar-refractivity contribution in [3.8, 4) is 0 Å². The lowest BCUT2D eigenvalue weighted by Crippen LogP contribution is -2.41. The van der Waals surface area contributed by atoms with Gasteiger partial charge in [-0.05, 0) is 60.5 Å². The van der Waals surface area contributed by atoms with Gasteiger partial charge >= 0.3 is 0 Å². The Morgan fingerprint density at radius 2 is 1.55 bits per heavy atom. The van der Waals surface area contributed by atoms with Crippen LogP contribution in [-0.4, -0.2) is 26.1 Å². The molecule has 0 aliphatic carbocycles. The Bertz CT molecular complexity index is 760. The van der Waals surface area contributed by atoms with E-state index < -0.39 is 14.4 Å². The summed E-state index contributed by atoms with van der Waals surface area (Å²) in [5.41, 5.74) is 3.53. The highest BCUT2D eigenvalue weighted by Crippen LogP contribution is 2.37. The Morgan fingerprint density at radius 1 is 1.00 bits per heavy atom. The molecule has 0 amide bonds. The third kappa shape index (κ3) is 7.25. The summed E-state index contributed by atoms with van der Waals surface area (Å²) in [6.45, 7) is 14.1. The largest absolute Gasteiger partial charge is 0.417 e. The summed E-state index contributed by atoms with van der Waals surface area (Å²) in [6.07, 6.45) is 3.20.